The normalized spacial score (nSPS) is 11.2. The standard InChI is InChI=1S/C32H30N3O.BrH/c36-32(25-13-3-1-4-14-25)23-34-24-33(30-19-9-10-20-31(30)34)21-11-2-12-22-35-28-17-7-5-15-26(28)27-16-6-8-18-29(27)35;/h1,3-10,13-20,24H,2,11-12,21-23H2;1H/q+1;/p-1. The highest BCUT2D eigenvalue weighted by Crippen LogP contribution is 2.29. The molecule has 0 fully saturated rings. The average molecular weight is 553 g/mol. The van der Waals surface area contributed by atoms with Gasteiger partial charge in [-0.2, -0.15) is 0 Å². The van der Waals surface area contributed by atoms with Crippen LogP contribution in [0.15, 0.2) is 109 Å². The molecule has 0 aliphatic heterocycles. The van der Waals surface area contributed by atoms with Crippen molar-refractivity contribution in [2.24, 2.45) is 0 Å². The number of carbonyl (C=O) groups is 1. The molecule has 2 heterocycles. The topological polar surface area (TPSA) is 30.8 Å². The smallest absolute Gasteiger partial charge is 0.245 e. The van der Waals surface area contributed by atoms with E-state index in [9.17, 15) is 4.79 Å². The molecule has 0 N–H and O–H groups in total. The number of para-hydroxylation sites is 4. The van der Waals surface area contributed by atoms with Crippen molar-refractivity contribution in [2.45, 2.75) is 38.9 Å². The molecule has 2 aromatic heterocycles. The lowest BCUT2D eigenvalue weighted by Crippen LogP contribution is -3.00. The van der Waals surface area contributed by atoms with Crippen LogP contribution in [-0.2, 0) is 19.6 Å². The molecular weight excluding hydrogens is 522 g/mol. The number of fused-ring (bicyclic) bond motifs is 4. The van der Waals surface area contributed by atoms with E-state index < -0.39 is 0 Å². The minimum Gasteiger partial charge on any atom is -1.00 e. The summed E-state index contributed by atoms with van der Waals surface area (Å²) in [4.78, 5) is 12.8. The van der Waals surface area contributed by atoms with Crippen LogP contribution >= 0.6 is 0 Å². The fraction of sp³-hybridized carbons (Fsp3) is 0.188. The number of Topliss-reactive ketones (excluding diaryl/α,β-unsaturated/α-hetero) is 1. The number of hydrogen-bond acceptors (Lipinski definition) is 1. The molecule has 37 heavy (non-hydrogen) atoms. The predicted molar refractivity (Wildman–Crippen MR) is 146 cm³/mol. The molecule has 0 saturated heterocycles. The van der Waals surface area contributed by atoms with Gasteiger partial charge in [-0.1, -0.05) is 78.9 Å². The summed E-state index contributed by atoms with van der Waals surface area (Å²) in [7, 11) is 0. The Morgan fingerprint density at radius 1 is 0.622 bits per heavy atom. The van der Waals surface area contributed by atoms with E-state index in [2.05, 4.69) is 86.8 Å². The van der Waals surface area contributed by atoms with Crippen LogP contribution in [-0.4, -0.2) is 14.9 Å². The van der Waals surface area contributed by atoms with Crippen molar-refractivity contribution in [3.8, 4) is 0 Å². The van der Waals surface area contributed by atoms with Gasteiger partial charge in [0.15, 0.2) is 17.6 Å². The van der Waals surface area contributed by atoms with Crippen molar-refractivity contribution in [2.75, 3.05) is 0 Å². The minimum atomic E-state index is 0. The van der Waals surface area contributed by atoms with Gasteiger partial charge in [-0.15, -0.1) is 0 Å². The van der Waals surface area contributed by atoms with Gasteiger partial charge in [0, 0.05) is 33.9 Å². The van der Waals surface area contributed by atoms with Crippen LogP contribution in [0.2, 0.25) is 0 Å². The Balaban J connectivity index is 0.00000280. The van der Waals surface area contributed by atoms with Gasteiger partial charge in [-0.3, -0.25) is 4.79 Å². The quantitative estimate of drug-likeness (QED) is 0.153. The molecule has 0 aliphatic carbocycles. The zero-order valence-electron chi connectivity index (χ0n) is 20.8. The molecule has 4 aromatic carbocycles. The average Bonchev–Trinajstić information content (AvgIpc) is 3.44. The van der Waals surface area contributed by atoms with Gasteiger partial charge in [0.25, 0.3) is 0 Å². The summed E-state index contributed by atoms with van der Waals surface area (Å²) in [6.45, 7) is 2.32. The maximum atomic E-state index is 12.8. The van der Waals surface area contributed by atoms with Gasteiger partial charge >= 0.3 is 0 Å². The number of benzene rings is 4. The molecule has 0 unspecified atom stereocenters. The fourth-order valence-corrected chi connectivity index (χ4v) is 5.39. The third-order valence-corrected chi connectivity index (χ3v) is 7.15. The Labute approximate surface area is 227 Å². The third kappa shape index (κ3) is 4.96. The predicted octanol–water partition coefficient (Wildman–Crippen LogP) is 3.79. The first-order chi connectivity index (χ1) is 17.8. The third-order valence-electron chi connectivity index (χ3n) is 7.15. The maximum Gasteiger partial charge on any atom is 0.245 e. The van der Waals surface area contributed by atoms with E-state index in [1.54, 1.807) is 0 Å². The van der Waals surface area contributed by atoms with E-state index in [0.29, 0.717) is 6.54 Å². The molecule has 186 valence electrons. The van der Waals surface area contributed by atoms with Crippen molar-refractivity contribution in [3.05, 3.63) is 115 Å². The molecule has 6 aromatic rings. The van der Waals surface area contributed by atoms with E-state index in [1.165, 1.54) is 27.3 Å². The summed E-state index contributed by atoms with van der Waals surface area (Å²) in [6.07, 6.45) is 5.49. The number of halogens is 1. The van der Waals surface area contributed by atoms with E-state index in [-0.39, 0.29) is 22.8 Å². The number of unbranched alkanes of at least 4 members (excludes halogenated alkanes) is 2. The van der Waals surface area contributed by atoms with Crippen molar-refractivity contribution in [1.29, 1.82) is 0 Å². The molecule has 0 radical (unpaired) electrons. The van der Waals surface area contributed by atoms with Gasteiger partial charge in [0.2, 0.25) is 12.1 Å². The number of nitrogens with zero attached hydrogens (tertiary/aromatic N) is 3. The first-order valence-electron chi connectivity index (χ1n) is 12.8. The number of aromatic nitrogens is 3. The molecule has 0 atom stereocenters. The van der Waals surface area contributed by atoms with Crippen LogP contribution in [0.4, 0.5) is 0 Å². The molecule has 0 aliphatic rings. The summed E-state index contributed by atoms with van der Waals surface area (Å²) in [5.74, 6) is 0.134. The number of carbonyl (C=O) groups excluding carboxylic acids is 1. The van der Waals surface area contributed by atoms with E-state index in [4.69, 9.17) is 0 Å². The monoisotopic (exact) mass is 551 g/mol. The van der Waals surface area contributed by atoms with Crippen molar-refractivity contribution < 1.29 is 26.3 Å². The highest BCUT2D eigenvalue weighted by molar-refractivity contribution is 6.07. The minimum absolute atomic E-state index is 0. The van der Waals surface area contributed by atoms with Gasteiger partial charge in [-0.05, 0) is 43.5 Å². The van der Waals surface area contributed by atoms with Gasteiger partial charge < -0.3 is 21.5 Å². The number of rotatable bonds is 9. The number of ketones is 1. The van der Waals surface area contributed by atoms with Crippen LogP contribution in [0.1, 0.15) is 29.6 Å². The molecule has 0 spiro atoms. The van der Waals surface area contributed by atoms with Crippen LogP contribution < -0.4 is 21.5 Å². The van der Waals surface area contributed by atoms with Gasteiger partial charge in [0.05, 0.1) is 6.54 Å². The summed E-state index contributed by atoms with van der Waals surface area (Å²) in [5, 5.41) is 2.67. The van der Waals surface area contributed by atoms with Crippen molar-refractivity contribution >= 4 is 38.6 Å². The molecule has 5 heteroatoms. The summed E-state index contributed by atoms with van der Waals surface area (Å²) >= 11 is 0. The molecule has 4 nitrogen and oxygen atoms in total. The highest BCUT2D eigenvalue weighted by atomic mass is 79.9. The second-order valence-corrected chi connectivity index (χ2v) is 9.46. The highest BCUT2D eigenvalue weighted by Gasteiger charge is 2.18. The maximum absolute atomic E-state index is 12.8. The SMILES string of the molecule is O=C(C[n+]1cn(CCCCCn2c3ccccc3c3ccccc32)c2ccccc21)c1ccccc1.[Br-]. The van der Waals surface area contributed by atoms with Crippen LogP contribution in [0.5, 0.6) is 0 Å². The number of imidazole rings is 1. The second kappa shape index (κ2) is 11.1. The summed E-state index contributed by atoms with van der Waals surface area (Å²) in [6, 6.07) is 35.4. The lowest BCUT2D eigenvalue weighted by Gasteiger charge is -2.07. The molecule has 6 rings (SSSR count). The molecule has 0 amide bonds. The van der Waals surface area contributed by atoms with Crippen LogP contribution in [0.25, 0.3) is 32.8 Å². The largest absolute Gasteiger partial charge is 1.00 e. The Bertz CT molecular complexity index is 1610. The summed E-state index contributed by atoms with van der Waals surface area (Å²) < 4.78 is 6.86. The molecule has 0 saturated carbocycles. The lowest BCUT2D eigenvalue weighted by molar-refractivity contribution is -0.658. The Hall–Kier alpha value is -3.70. The molecular formula is C32H30BrN3O. The number of hydrogen-bond donors (Lipinski definition) is 0. The van der Waals surface area contributed by atoms with E-state index in [1.807, 2.05) is 36.4 Å². The van der Waals surface area contributed by atoms with E-state index >= 15 is 0 Å². The second-order valence-electron chi connectivity index (χ2n) is 9.46. The van der Waals surface area contributed by atoms with Crippen molar-refractivity contribution in [1.82, 2.24) is 9.13 Å². The molecule has 0 bridgehead atoms. The van der Waals surface area contributed by atoms with Crippen molar-refractivity contribution in [3.63, 3.8) is 0 Å². The Kier molecular flexibility index (Phi) is 7.52. The van der Waals surface area contributed by atoms with Gasteiger partial charge in [-0.25, -0.2) is 9.13 Å². The van der Waals surface area contributed by atoms with E-state index in [0.717, 1.165) is 43.4 Å². The fourth-order valence-electron chi connectivity index (χ4n) is 5.39. The Morgan fingerprint density at radius 3 is 1.89 bits per heavy atom. The van der Waals surface area contributed by atoms with Gasteiger partial charge in [0.1, 0.15) is 0 Å². The first kappa shape index (κ1) is 25.0. The van der Waals surface area contributed by atoms with Crippen LogP contribution in [0, 0.1) is 0 Å². The van der Waals surface area contributed by atoms with Crippen LogP contribution in [0.3, 0.4) is 0 Å². The number of aryl methyl sites for hydroxylation is 2. The zero-order chi connectivity index (χ0) is 24.3. The zero-order valence-corrected chi connectivity index (χ0v) is 22.3. The Morgan fingerprint density at radius 2 is 1.19 bits per heavy atom. The lowest BCUT2D eigenvalue weighted by atomic mass is 10.1. The summed E-state index contributed by atoms with van der Waals surface area (Å²) in [5.41, 5.74) is 5.68. The first-order valence-corrected chi connectivity index (χ1v) is 12.8.